The van der Waals surface area contributed by atoms with Crippen molar-refractivity contribution in [2.45, 2.75) is 6.04 Å². The molecule has 0 aliphatic rings. The van der Waals surface area contributed by atoms with Crippen molar-refractivity contribution in [1.82, 2.24) is 20.6 Å². The largest absolute Gasteiger partial charge is 0.497 e. The second-order valence-corrected chi connectivity index (χ2v) is 6.95. The number of carbonyl (C=O) groups is 1. The van der Waals surface area contributed by atoms with Gasteiger partial charge in [-0.3, -0.25) is 0 Å². The van der Waals surface area contributed by atoms with Crippen LogP contribution in [0, 0.1) is 0 Å². The SMILES string of the molecule is COc1ccc(OCCNC(=O)NC(c2ccccc2)c2ccc3nc[nH]c3c2)cc1. The van der Waals surface area contributed by atoms with Crippen LogP contribution in [0.25, 0.3) is 11.0 Å². The zero-order valence-electron chi connectivity index (χ0n) is 17.2. The number of urea groups is 1. The number of H-pyrrole nitrogens is 1. The molecule has 31 heavy (non-hydrogen) atoms. The van der Waals surface area contributed by atoms with E-state index in [0.29, 0.717) is 13.2 Å². The van der Waals surface area contributed by atoms with Crippen LogP contribution in [-0.2, 0) is 0 Å². The molecule has 0 aliphatic carbocycles. The lowest BCUT2D eigenvalue weighted by Crippen LogP contribution is -2.40. The maximum Gasteiger partial charge on any atom is 0.315 e. The third-order valence-electron chi connectivity index (χ3n) is 4.90. The smallest absolute Gasteiger partial charge is 0.315 e. The first-order valence-electron chi connectivity index (χ1n) is 10.0. The molecule has 4 aromatic rings. The van der Waals surface area contributed by atoms with Gasteiger partial charge in [-0.2, -0.15) is 0 Å². The summed E-state index contributed by atoms with van der Waals surface area (Å²) in [5.74, 6) is 1.49. The van der Waals surface area contributed by atoms with Crippen molar-refractivity contribution in [3.05, 3.63) is 90.3 Å². The number of methoxy groups -OCH3 is 1. The molecule has 7 heteroatoms. The summed E-state index contributed by atoms with van der Waals surface area (Å²) in [5, 5.41) is 5.92. The number of hydrogen-bond acceptors (Lipinski definition) is 4. The van der Waals surface area contributed by atoms with E-state index < -0.39 is 0 Å². The molecule has 1 unspecified atom stereocenters. The maximum absolute atomic E-state index is 12.6. The summed E-state index contributed by atoms with van der Waals surface area (Å²) in [6.07, 6.45) is 1.66. The number of rotatable bonds is 8. The Morgan fingerprint density at radius 2 is 1.77 bits per heavy atom. The Morgan fingerprint density at radius 3 is 2.55 bits per heavy atom. The van der Waals surface area contributed by atoms with Crippen LogP contribution in [0.4, 0.5) is 4.79 Å². The number of aromatic amines is 1. The molecule has 1 heterocycles. The van der Waals surface area contributed by atoms with Crippen LogP contribution in [0.5, 0.6) is 11.5 Å². The van der Waals surface area contributed by atoms with Gasteiger partial charge in [0.25, 0.3) is 0 Å². The van der Waals surface area contributed by atoms with Crippen LogP contribution in [-0.4, -0.2) is 36.3 Å². The summed E-state index contributed by atoms with van der Waals surface area (Å²) in [6, 6.07) is 22.5. The summed E-state index contributed by atoms with van der Waals surface area (Å²) >= 11 is 0. The third-order valence-corrected chi connectivity index (χ3v) is 4.90. The summed E-state index contributed by atoms with van der Waals surface area (Å²) in [5.41, 5.74) is 3.77. The van der Waals surface area contributed by atoms with Gasteiger partial charge in [-0.15, -0.1) is 0 Å². The molecule has 1 atom stereocenters. The zero-order valence-corrected chi connectivity index (χ0v) is 17.2. The van der Waals surface area contributed by atoms with Crippen molar-refractivity contribution >= 4 is 17.1 Å². The minimum atomic E-state index is -0.295. The van der Waals surface area contributed by atoms with Gasteiger partial charge < -0.3 is 25.1 Å². The summed E-state index contributed by atoms with van der Waals surface area (Å²) in [4.78, 5) is 20.0. The van der Waals surface area contributed by atoms with Gasteiger partial charge in [0.15, 0.2) is 0 Å². The van der Waals surface area contributed by atoms with E-state index in [0.717, 1.165) is 33.7 Å². The monoisotopic (exact) mass is 416 g/mol. The van der Waals surface area contributed by atoms with Crippen LogP contribution < -0.4 is 20.1 Å². The number of nitrogens with zero attached hydrogens (tertiary/aromatic N) is 1. The number of carbonyl (C=O) groups excluding carboxylic acids is 1. The second-order valence-electron chi connectivity index (χ2n) is 6.95. The molecular formula is C24H24N4O3. The minimum absolute atomic E-state index is 0.267. The Bertz CT molecular complexity index is 1130. The number of amides is 2. The number of aromatic nitrogens is 2. The maximum atomic E-state index is 12.6. The van der Waals surface area contributed by atoms with Crippen molar-refractivity contribution in [1.29, 1.82) is 0 Å². The number of ether oxygens (including phenoxy) is 2. The topological polar surface area (TPSA) is 88.3 Å². The highest BCUT2D eigenvalue weighted by Crippen LogP contribution is 2.24. The van der Waals surface area contributed by atoms with Crippen molar-refractivity contribution in [2.24, 2.45) is 0 Å². The van der Waals surface area contributed by atoms with Crippen LogP contribution in [0.2, 0.25) is 0 Å². The van der Waals surface area contributed by atoms with Crippen molar-refractivity contribution in [3.63, 3.8) is 0 Å². The molecule has 0 spiro atoms. The fourth-order valence-electron chi connectivity index (χ4n) is 3.32. The fraction of sp³-hybridized carbons (Fsp3) is 0.167. The number of fused-ring (bicyclic) bond motifs is 1. The Balaban J connectivity index is 1.37. The first kappa shape index (κ1) is 20.3. The lowest BCUT2D eigenvalue weighted by molar-refractivity contribution is 0.234. The lowest BCUT2D eigenvalue weighted by Gasteiger charge is -2.20. The highest BCUT2D eigenvalue weighted by Gasteiger charge is 2.17. The zero-order chi connectivity index (χ0) is 21.5. The molecule has 3 N–H and O–H groups in total. The molecule has 3 aromatic carbocycles. The normalized spacial score (nSPS) is 11.6. The summed E-state index contributed by atoms with van der Waals surface area (Å²) in [6.45, 7) is 0.731. The second kappa shape index (κ2) is 9.67. The van der Waals surface area contributed by atoms with Crippen LogP contribution in [0.1, 0.15) is 17.2 Å². The van der Waals surface area contributed by atoms with Gasteiger partial charge in [-0.1, -0.05) is 36.4 Å². The van der Waals surface area contributed by atoms with Crippen LogP contribution in [0.15, 0.2) is 79.1 Å². The fourth-order valence-corrected chi connectivity index (χ4v) is 3.32. The Morgan fingerprint density at radius 1 is 1.00 bits per heavy atom. The standard InChI is InChI=1S/C24H24N4O3/c1-30-19-8-10-20(11-9-19)31-14-13-25-24(29)28-23(17-5-3-2-4-6-17)18-7-12-21-22(15-18)27-16-26-21/h2-12,15-16,23H,13-14H2,1H3,(H,26,27)(H2,25,28,29). The first-order valence-corrected chi connectivity index (χ1v) is 10.0. The minimum Gasteiger partial charge on any atom is -0.497 e. The van der Waals surface area contributed by atoms with Gasteiger partial charge in [-0.25, -0.2) is 9.78 Å². The van der Waals surface area contributed by atoms with E-state index in [4.69, 9.17) is 9.47 Å². The third kappa shape index (κ3) is 5.14. The van der Waals surface area contributed by atoms with E-state index in [1.54, 1.807) is 13.4 Å². The van der Waals surface area contributed by atoms with Crippen LogP contribution in [0.3, 0.4) is 0 Å². The van der Waals surface area contributed by atoms with Gasteiger partial charge in [-0.05, 0) is 47.5 Å². The number of benzene rings is 3. The molecule has 4 rings (SSSR count). The molecule has 0 radical (unpaired) electrons. The van der Waals surface area contributed by atoms with E-state index in [1.165, 1.54) is 0 Å². The predicted octanol–water partition coefficient (Wildman–Crippen LogP) is 4.04. The molecule has 0 saturated heterocycles. The van der Waals surface area contributed by atoms with Gasteiger partial charge in [0.2, 0.25) is 0 Å². The van der Waals surface area contributed by atoms with E-state index in [9.17, 15) is 4.79 Å². The number of nitrogens with one attached hydrogen (secondary N) is 3. The highest BCUT2D eigenvalue weighted by atomic mass is 16.5. The van der Waals surface area contributed by atoms with E-state index in [-0.39, 0.29) is 12.1 Å². The van der Waals surface area contributed by atoms with Crippen molar-refractivity contribution < 1.29 is 14.3 Å². The summed E-state index contributed by atoms with van der Waals surface area (Å²) < 4.78 is 10.8. The van der Waals surface area contributed by atoms with E-state index in [2.05, 4.69) is 20.6 Å². The van der Waals surface area contributed by atoms with E-state index in [1.807, 2.05) is 72.8 Å². The van der Waals surface area contributed by atoms with Crippen LogP contribution >= 0.6 is 0 Å². The molecule has 0 aliphatic heterocycles. The lowest BCUT2D eigenvalue weighted by atomic mass is 9.98. The highest BCUT2D eigenvalue weighted by molar-refractivity contribution is 5.77. The van der Waals surface area contributed by atoms with Crippen molar-refractivity contribution in [3.8, 4) is 11.5 Å². The molecule has 0 bridgehead atoms. The molecule has 2 amide bonds. The number of imidazole rings is 1. The van der Waals surface area contributed by atoms with Gasteiger partial charge in [0.1, 0.15) is 18.1 Å². The van der Waals surface area contributed by atoms with Gasteiger partial charge in [0.05, 0.1) is 37.1 Å². The molecule has 158 valence electrons. The average molecular weight is 416 g/mol. The Kier molecular flexibility index (Phi) is 6.32. The first-order chi connectivity index (χ1) is 15.2. The van der Waals surface area contributed by atoms with E-state index >= 15 is 0 Å². The summed E-state index contributed by atoms with van der Waals surface area (Å²) in [7, 11) is 1.62. The van der Waals surface area contributed by atoms with Gasteiger partial charge in [0, 0.05) is 0 Å². The molecule has 7 nitrogen and oxygen atoms in total. The molecule has 0 fully saturated rings. The van der Waals surface area contributed by atoms with Gasteiger partial charge >= 0.3 is 6.03 Å². The average Bonchev–Trinajstić information content (AvgIpc) is 3.29. The molecular weight excluding hydrogens is 392 g/mol. The Hall–Kier alpha value is -4.00. The van der Waals surface area contributed by atoms with Crippen molar-refractivity contribution in [2.75, 3.05) is 20.3 Å². The predicted molar refractivity (Wildman–Crippen MR) is 119 cm³/mol. The quantitative estimate of drug-likeness (QED) is 0.378. The molecule has 1 aromatic heterocycles. The Labute approximate surface area is 180 Å². The molecule has 0 saturated carbocycles. The number of hydrogen-bond donors (Lipinski definition) is 3.